The molecular weight excluding hydrogens is 783 g/mol. The van der Waals surface area contributed by atoms with Crippen molar-refractivity contribution in [3.05, 3.63) is 234 Å². The molecule has 0 aliphatic heterocycles. The van der Waals surface area contributed by atoms with Crippen LogP contribution in [0.3, 0.4) is 0 Å². The van der Waals surface area contributed by atoms with E-state index in [1.54, 1.807) is 11.3 Å². The summed E-state index contributed by atoms with van der Waals surface area (Å²) in [5, 5.41) is 4.90. The smallest absolute Gasteiger partial charge is 0.165 e. The Morgan fingerprint density at radius 2 is 1.05 bits per heavy atom. The fourth-order valence-corrected chi connectivity index (χ4v) is 13.0. The van der Waals surface area contributed by atoms with Crippen molar-refractivity contribution in [1.82, 2.24) is 15.0 Å². The molecule has 3 aliphatic rings. The highest BCUT2D eigenvalue weighted by atomic mass is 32.1. The molecule has 2 heterocycles. The van der Waals surface area contributed by atoms with E-state index in [9.17, 15) is 0 Å². The lowest BCUT2D eigenvalue weighted by atomic mass is 9.48. The second-order valence-corrected chi connectivity index (χ2v) is 18.6. The van der Waals surface area contributed by atoms with Crippen LogP contribution in [0, 0.1) is 5.92 Å². The number of nitrogens with zero attached hydrogens (tertiary/aromatic N) is 3. The summed E-state index contributed by atoms with van der Waals surface area (Å²) in [6.07, 6.45) is 9.19. The molecule has 10 aromatic rings. The molecule has 13 rings (SSSR count). The molecule has 0 amide bonds. The number of allylic oxidation sites excluding steroid dienone is 4. The Morgan fingerprint density at radius 3 is 1.89 bits per heavy atom. The SMILES string of the molecule is CC1C=CC=CC1c1ccccc1C12c3ccccc3-c3ccccc3C1(C)c1cccc3c(-c4nc(-c5ccccc5)nc(-c5cccc6c5sc5ccccc56)n4)ccc2c13. The van der Waals surface area contributed by atoms with Gasteiger partial charge in [0.05, 0.1) is 5.41 Å². The van der Waals surface area contributed by atoms with Gasteiger partial charge in [0, 0.05) is 48.2 Å². The molecule has 0 radical (unpaired) electrons. The molecule has 0 saturated carbocycles. The second kappa shape index (κ2) is 13.6. The van der Waals surface area contributed by atoms with Crippen molar-refractivity contribution >= 4 is 42.3 Å². The third-order valence-electron chi connectivity index (χ3n) is 14.5. The molecule has 298 valence electrons. The zero-order valence-electron chi connectivity index (χ0n) is 35.0. The van der Waals surface area contributed by atoms with Crippen molar-refractivity contribution in [2.45, 2.75) is 30.6 Å². The van der Waals surface area contributed by atoms with Crippen LogP contribution in [0.5, 0.6) is 0 Å². The lowest BCUT2D eigenvalue weighted by Gasteiger charge is -2.52. The molecule has 2 aromatic heterocycles. The van der Waals surface area contributed by atoms with Crippen molar-refractivity contribution < 1.29 is 0 Å². The summed E-state index contributed by atoms with van der Waals surface area (Å²) in [4.78, 5) is 16.1. The first-order valence-corrected chi connectivity index (χ1v) is 22.8. The lowest BCUT2D eigenvalue weighted by Crippen LogP contribution is -2.50. The summed E-state index contributed by atoms with van der Waals surface area (Å²) in [5.41, 5.74) is 12.6. The van der Waals surface area contributed by atoms with E-state index in [0.717, 1.165) is 22.1 Å². The topological polar surface area (TPSA) is 38.7 Å². The van der Waals surface area contributed by atoms with Crippen LogP contribution in [0.1, 0.15) is 53.1 Å². The van der Waals surface area contributed by atoms with Gasteiger partial charge in [0.25, 0.3) is 0 Å². The fourth-order valence-electron chi connectivity index (χ4n) is 11.8. The van der Waals surface area contributed by atoms with Crippen LogP contribution in [-0.2, 0) is 10.8 Å². The maximum absolute atomic E-state index is 5.46. The van der Waals surface area contributed by atoms with Crippen LogP contribution in [0.4, 0.5) is 0 Å². The monoisotopic (exact) mass is 823 g/mol. The quantitative estimate of drug-likeness (QED) is 0.174. The highest BCUT2D eigenvalue weighted by Crippen LogP contribution is 2.69. The Labute approximate surface area is 370 Å². The minimum Gasteiger partial charge on any atom is -0.208 e. The average Bonchev–Trinajstić information content (AvgIpc) is 3.84. The lowest BCUT2D eigenvalue weighted by molar-refractivity contribution is 0.400. The van der Waals surface area contributed by atoms with Crippen LogP contribution in [-0.4, -0.2) is 15.0 Å². The molecule has 0 fully saturated rings. The van der Waals surface area contributed by atoms with Gasteiger partial charge in [0.15, 0.2) is 17.5 Å². The summed E-state index contributed by atoms with van der Waals surface area (Å²) >= 11 is 1.80. The molecular formula is C59H41N3S. The molecule has 4 unspecified atom stereocenters. The van der Waals surface area contributed by atoms with E-state index in [4.69, 9.17) is 15.0 Å². The van der Waals surface area contributed by atoms with E-state index < -0.39 is 10.8 Å². The van der Waals surface area contributed by atoms with Crippen LogP contribution >= 0.6 is 11.3 Å². The summed E-state index contributed by atoms with van der Waals surface area (Å²) < 4.78 is 2.44. The molecule has 0 N–H and O–H groups in total. The molecule has 0 saturated heterocycles. The zero-order valence-corrected chi connectivity index (χ0v) is 35.8. The van der Waals surface area contributed by atoms with Gasteiger partial charge in [-0.15, -0.1) is 11.3 Å². The van der Waals surface area contributed by atoms with Gasteiger partial charge < -0.3 is 0 Å². The van der Waals surface area contributed by atoms with E-state index in [1.807, 2.05) is 6.07 Å². The fraction of sp³-hybridized carbons (Fsp3) is 0.102. The Kier molecular flexibility index (Phi) is 7.86. The first kappa shape index (κ1) is 36.4. The molecule has 0 bridgehead atoms. The van der Waals surface area contributed by atoms with Gasteiger partial charge in [0.1, 0.15) is 0 Å². The van der Waals surface area contributed by atoms with Gasteiger partial charge in [0.2, 0.25) is 0 Å². The molecule has 8 aromatic carbocycles. The number of hydrogen-bond acceptors (Lipinski definition) is 4. The standard InChI is InChI=1S/C59H41N3S/c1-36-18-6-7-21-38(36)39-22-9-13-30-48(39)59-49-31-14-10-24-41(49)40-23-8-12-29-47(40)58(59,2)50-32-17-26-43-45(34-35-51(59)53(43)50)56-60-55(37-19-4-3-5-20-37)61-57(62-56)46-28-16-27-44-42-25-11-15-33-52(42)63-54(44)46/h3-36,38H,1-2H3. The molecule has 4 atom stereocenters. The van der Waals surface area contributed by atoms with Crippen LogP contribution in [0.25, 0.3) is 76.2 Å². The van der Waals surface area contributed by atoms with Crippen LogP contribution in [0.2, 0.25) is 0 Å². The predicted molar refractivity (Wildman–Crippen MR) is 261 cm³/mol. The Balaban J connectivity index is 1.12. The van der Waals surface area contributed by atoms with Gasteiger partial charge in [-0.3, -0.25) is 0 Å². The van der Waals surface area contributed by atoms with E-state index in [2.05, 4.69) is 208 Å². The zero-order chi connectivity index (χ0) is 41.9. The Hall–Kier alpha value is -7.27. The first-order valence-electron chi connectivity index (χ1n) is 22.0. The summed E-state index contributed by atoms with van der Waals surface area (Å²) in [6, 6.07) is 64.8. The third-order valence-corrected chi connectivity index (χ3v) is 15.7. The second-order valence-electron chi connectivity index (χ2n) is 17.5. The van der Waals surface area contributed by atoms with Gasteiger partial charge >= 0.3 is 0 Å². The Morgan fingerprint density at radius 1 is 0.444 bits per heavy atom. The van der Waals surface area contributed by atoms with Gasteiger partial charge in [-0.1, -0.05) is 195 Å². The van der Waals surface area contributed by atoms with Crippen LogP contribution in [0.15, 0.2) is 200 Å². The third kappa shape index (κ3) is 4.93. The van der Waals surface area contributed by atoms with Gasteiger partial charge in [-0.05, 0) is 80.3 Å². The average molecular weight is 824 g/mol. The Bertz CT molecular complexity index is 3580. The van der Waals surface area contributed by atoms with Crippen molar-refractivity contribution in [3.8, 4) is 45.3 Å². The minimum atomic E-state index is -0.556. The van der Waals surface area contributed by atoms with E-state index >= 15 is 0 Å². The van der Waals surface area contributed by atoms with Crippen LogP contribution < -0.4 is 0 Å². The molecule has 0 spiro atoms. The molecule has 3 nitrogen and oxygen atoms in total. The number of thiophene rings is 1. The van der Waals surface area contributed by atoms with Crippen molar-refractivity contribution in [2.75, 3.05) is 0 Å². The molecule has 4 heteroatoms. The number of benzene rings is 8. The van der Waals surface area contributed by atoms with Crippen molar-refractivity contribution in [1.29, 1.82) is 0 Å². The van der Waals surface area contributed by atoms with E-state index in [0.29, 0.717) is 23.4 Å². The first-order chi connectivity index (χ1) is 31.1. The highest BCUT2D eigenvalue weighted by Gasteiger charge is 2.62. The predicted octanol–water partition coefficient (Wildman–Crippen LogP) is 14.9. The van der Waals surface area contributed by atoms with Crippen molar-refractivity contribution in [3.63, 3.8) is 0 Å². The van der Waals surface area contributed by atoms with E-state index in [1.165, 1.54) is 70.1 Å². The number of fused-ring (bicyclic) bond motifs is 11. The van der Waals surface area contributed by atoms with Crippen molar-refractivity contribution in [2.24, 2.45) is 5.92 Å². The highest BCUT2D eigenvalue weighted by molar-refractivity contribution is 7.26. The normalized spacial score (nSPS) is 20.5. The van der Waals surface area contributed by atoms with Gasteiger partial charge in [-0.25, -0.2) is 15.0 Å². The minimum absolute atomic E-state index is 0.234. The number of rotatable bonds is 5. The van der Waals surface area contributed by atoms with E-state index in [-0.39, 0.29) is 5.92 Å². The summed E-state index contributed by atoms with van der Waals surface area (Å²) in [7, 11) is 0. The molecule has 63 heavy (non-hydrogen) atoms. The largest absolute Gasteiger partial charge is 0.208 e. The number of aromatic nitrogens is 3. The summed E-state index contributed by atoms with van der Waals surface area (Å²) in [5.74, 6) is 2.60. The summed E-state index contributed by atoms with van der Waals surface area (Å²) in [6.45, 7) is 4.87. The van der Waals surface area contributed by atoms with Gasteiger partial charge in [-0.2, -0.15) is 0 Å². The maximum atomic E-state index is 5.46. The molecule has 3 aliphatic carbocycles. The maximum Gasteiger partial charge on any atom is 0.165 e. The number of hydrogen-bond donors (Lipinski definition) is 0.